The van der Waals surface area contributed by atoms with E-state index in [2.05, 4.69) is 5.32 Å². The summed E-state index contributed by atoms with van der Waals surface area (Å²) in [4.78, 5) is 26.1. The van der Waals surface area contributed by atoms with Crippen LogP contribution in [-0.2, 0) is 14.6 Å². The molecule has 0 bridgehead atoms. The fourth-order valence-corrected chi connectivity index (χ4v) is 3.55. The molecular formula is C17H25N3O4S. The third kappa shape index (κ3) is 4.50. The number of hydrogen-bond acceptors (Lipinski definition) is 5. The predicted molar refractivity (Wildman–Crippen MR) is 96.2 cm³/mol. The van der Waals surface area contributed by atoms with Gasteiger partial charge >= 0.3 is 0 Å². The molecule has 0 radical (unpaired) electrons. The number of amides is 2. The van der Waals surface area contributed by atoms with E-state index in [4.69, 9.17) is 5.73 Å². The zero-order valence-electron chi connectivity index (χ0n) is 15.0. The van der Waals surface area contributed by atoms with Crippen molar-refractivity contribution in [1.82, 2.24) is 4.90 Å². The summed E-state index contributed by atoms with van der Waals surface area (Å²) in [5.41, 5.74) is 5.83. The Bertz CT molecular complexity index is 797. The highest BCUT2D eigenvalue weighted by atomic mass is 32.2. The van der Waals surface area contributed by atoms with Gasteiger partial charge in [-0.25, -0.2) is 8.42 Å². The Labute approximate surface area is 148 Å². The van der Waals surface area contributed by atoms with Crippen molar-refractivity contribution in [3.05, 3.63) is 23.8 Å². The molecule has 7 nitrogen and oxygen atoms in total. The number of carbonyl (C=O) groups is 2. The van der Waals surface area contributed by atoms with Crippen LogP contribution in [0.2, 0.25) is 0 Å². The number of nitrogens with zero attached hydrogens (tertiary/aromatic N) is 1. The summed E-state index contributed by atoms with van der Waals surface area (Å²) in [6, 6.07) is 3.76. The molecule has 2 rings (SSSR count). The highest BCUT2D eigenvalue weighted by molar-refractivity contribution is 7.90. The summed E-state index contributed by atoms with van der Waals surface area (Å²) in [6.07, 6.45) is 2.30. The lowest BCUT2D eigenvalue weighted by Crippen LogP contribution is -2.44. The lowest BCUT2D eigenvalue weighted by Gasteiger charge is -2.27. The van der Waals surface area contributed by atoms with Gasteiger partial charge in [-0.05, 0) is 51.8 Å². The maximum atomic E-state index is 13.0. The number of anilines is 1. The minimum absolute atomic E-state index is 0.0603. The molecule has 0 aromatic heterocycles. The van der Waals surface area contributed by atoms with Crippen LogP contribution in [0.1, 0.15) is 44.0 Å². The molecular weight excluding hydrogens is 342 g/mol. The smallest absolute Gasteiger partial charge is 0.256 e. The molecule has 1 heterocycles. The number of sulfone groups is 1. The van der Waals surface area contributed by atoms with Crippen LogP contribution in [-0.4, -0.2) is 49.5 Å². The SMILES string of the molecule is CC(C)(C)Nc1ccc(S(C)(=O)=O)cc1C(=O)N1CCC[C@@H]1C(N)=O. The second kappa shape index (κ2) is 6.67. The molecule has 1 aromatic carbocycles. The van der Waals surface area contributed by atoms with Crippen molar-refractivity contribution in [1.29, 1.82) is 0 Å². The van der Waals surface area contributed by atoms with Gasteiger partial charge in [0.05, 0.1) is 10.5 Å². The Morgan fingerprint density at radius 3 is 2.44 bits per heavy atom. The van der Waals surface area contributed by atoms with E-state index in [1.807, 2.05) is 20.8 Å². The van der Waals surface area contributed by atoms with Crippen LogP contribution in [0.15, 0.2) is 23.1 Å². The second-order valence-electron chi connectivity index (χ2n) is 7.41. The quantitative estimate of drug-likeness (QED) is 0.836. The van der Waals surface area contributed by atoms with E-state index in [0.717, 1.165) is 6.26 Å². The van der Waals surface area contributed by atoms with Crippen molar-refractivity contribution < 1.29 is 18.0 Å². The molecule has 1 fully saturated rings. The number of carbonyl (C=O) groups excluding carboxylic acids is 2. The minimum atomic E-state index is -3.46. The van der Waals surface area contributed by atoms with E-state index in [1.165, 1.54) is 17.0 Å². The van der Waals surface area contributed by atoms with E-state index >= 15 is 0 Å². The van der Waals surface area contributed by atoms with E-state index in [1.54, 1.807) is 6.07 Å². The molecule has 0 aliphatic carbocycles. The van der Waals surface area contributed by atoms with Crippen LogP contribution in [0.5, 0.6) is 0 Å². The molecule has 1 saturated heterocycles. The van der Waals surface area contributed by atoms with Gasteiger partial charge in [-0.3, -0.25) is 9.59 Å². The fourth-order valence-electron chi connectivity index (χ4n) is 2.90. The Morgan fingerprint density at radius 1 is 1.28 bits per heavy atom. The number of rotatable bonds is 4. The molecule has 25 heavy (non-hydrogen) atoms. The van der Waals surface area contributed by atoms with Gasteiger partial charge < -0.3 is 16.0 Å². The topological polar surface area (TPSA) is 110 Å². The summed E-state index contributed by atoms with van der Waals surface area (Å²) >= 11 is 0. The van der Waals surface area contributed by atoms with Crippen molar-refractivity contribution in [2.24, 2.45) is 5.73 Å². The number of hydrogen-bond donors (Lipinski definition) is 2. The van der Waals surface area contributed by atoms with Crippen LogP contribution in [0.25, 0.3) is 0 Å². The molecule has 138 valence electrons. The first-order chi connectivity index (χ1) is 11.4. The lowest BCUT2D eigenvalue weighted by molar-refractivity contribution is -0.121. The van der Waals surface area contributed by atoms with Crippen molar-refractivity contribution in [3.8, 4) is 0 Å². The van der Waals surface area contributed by atoms with Crippen LogP contribution in [0.4, 0.5) is 5.69 Å². The first kappa shape index (κ1) is 19.2. The van der Waals surface area contributed by atoms with Crippen molar-refractivity contribution in [3.63, 3.8) is 0 Å². The molecule has 3 N–H and O–H groups in total. The average Bonchev–Trinajstić information content (AvgIpc) is 2.93. The maximum absolute atomic E-state index is 13.0. The third-order valence-electron chi connectivity index (χ3n) is 4.00. The molecule has 0 saturated carbocycles. The van der Waals surface area contributed by atoms with Gasteiger partial charge in [-0.15, -0.1) is 0 Å². The summed E-state index contributed by atoms with van der Waals surface area (Å²) in [6.45, 7) is 6.24. The highest BCUT2D eigenvalue weighted by Gasteiger charge is 2.34. The number of likely N-dealkylation sites (tertiary alicyclic amines) is 1. The van der Waals surface area contributed by atoms with Gasteiger partial charge in [0, 0.05) is 24.0 Å². The zero-order valence-corrected chi connectivity index (χ0v) is 15.8. The molecule has 1 aliphatic rings. The Hall–Kier alpha value is -2.09. The molecule has 1 atom stereocenters. The van der Waals surface area contributed by atoms with Gasteiger partial charge in [-0.1, -0.05) is 0 Å². The molecule has 0 spiro atoms. The molecule has 1 aromatic rings. The summed E-state index contributed by atoms with van der Waals surface area (Å²) < 4.78 is 23.8. The monoisotopic (exact) mass is 367 g/mol. The zero-order chi connectivity index (χ0) is 19.0. The van der Waals surface area contributed by atoms with Crippen molar-refractivity contribution in [2.45, 2.75) is 50.1 Å². The van der Waals surface area contributed by atoms with Crippen LogP contribution in [0.3, 0.4) is 0 Å². The lowest BCUT2D eigenvalue weighted by atomic mass is 10.1. The molecule has 1 aliphatic heterocycles. The van der Waals surface area contributed by atoms with Crippen LogP contribution >= 0.6 is 0 Å². The first-order valence-corrected chi connectivity index (χ1v) is 10.0. The number of primary amides is 1. The maximum Gasteiger partial charge on any atom is 0.256 e. The van der Waals surface area contributed by atoms with Gasteiger partial charge in [0.2, 0.25) is 5.91 Å². The molecule has 2 amide bonds. The van der Waals surface area contributed by atoms with Crippen molar-refractivity contribution >= 4 is 27.3 Å². The largest absolute Gasteiger partial charge is 0.380 e. The Kier molecular flexibility index (Phi) is 5.13. The third-order valence-corrected chi connectivity index (χ3v) is 5.11. The van der Waals surface area contributed by atoms with E-state index in [-0.39, 0.29) is 16.0 Å². The number of nitrogens with two attached hydrogens (primary N) is 1. The van der Waals surface area contributed by atoms with Crippen LogP contribution in [0, 0.1) is 0 Å². The number of benzene rings is 1. The molecule has 0 unspecified atom stereocenters. The Balaban J connectivity index is 2.51. The van der Waals surface area contributed by atoms with E-state index in [0.29, 0.717) is 25.1 Å². The highest BCUT2D eigenvalue weighted by Crippen LogP contribution is 2.28. The first-order valence-electron chi connectivity index (χ1n) is 8.13. The van der Waals surface area contributed by atoms with Crippen molar-refractivity contribution in [2.75, 3.05) is 18.1 Å². The predicted octanol–water partition coefficient (Wildman–Crippen LogP) is 1.39. The van der Waals surface area contributed by atoms with E-state index < -0.39 is 27.7 Å². The standard InChI is InChI=1S/C17H25N3O4S/c1-17(2,3)19-13-8-7-11(25(4,23)24)10-12(13)16(22)20-9-5-6-14(20)15(18)21/h7-8,10,14,19H,5-6,9H2,1-4H3,(H2,18,21)/t14-/m1/s1. The average molecular weight is 367 g/mol. The molecule has 8 heteroatoms. The van der Waals surface area contributed by atoms with Gasteiger partial charge in [-0.2, -0.15) is 0 Å². The Morgan fingerprint density at radius 2 is 1.92 bits per heavy atom. The summed E-state index contributed by atoms with van der Waals surface area (Å²) in [5, 5.41) is 3.22. The van der Waals surface area contributed by atoms with Gasteiger partial charge in [0.1, 0.15) is 6.04 Å². The second-order valence-corrected chi connectivity index (χ2v) is 9.43. The fraction of sp³-hybridized carbons (Fsp3) is 0.529. The summed E-state index contributed by atoms with van der Waals surface area (Å²) in [7, 11) is -3.46. The van der Waals surface area contributed by atoms with Gasteiger partial charge in [0.25, 0.3) is 5.91 Å². The van der Waals surface area contributed by atoms with Crippen LogP contribution < -0.4 is 11.1 Å². The van der Waals surface area contributed by atoms with E-state index in [9.17, 15) is 18.0 Å². The minimum Gasteiger partial charge on any atom is -0.380 e. The summed E-state index contributed by atoms with van der Waals surface area (Å²) in [5.74, 6) is -0.936. The normalized spacial score (nSPS) is 18.2. The number of nitrogens with one attached hydrogen (secondary N) is 1. The van der Waals surface area contributed by atoms with Gasteiger partial charge in [0.15, 0.2) is 9.84 Å².